The van der Waals surface area contributed by atoms with Crippen molar-refractivity contribution in [2.45, 2.75) is 61.0 Å². The van der Waals surface area contributed by atoms with Crippen LogP contribution in [0.25, 0.3) is 0 Å². The van der Waals surface area contributed by atoms with Crippen molar-refractivity contribution in [3.05, 3.63) is 47.3 Å². The van der Waals surface area contributed by atoms with Crippen molar-refractivity contribution >= 4 is 23.5 Å². The molecule has 0 bridgehead atoms. The number of alkyl carbamates (subject to hydrolysis) is 1. The van der Waals surface area contributed by atoms with Crippen LogP contribution in [-0.2, 0) is 4.74 Å². The maximum Gasteiger partial charge on any atom is 0.407 e. The third-order valence-electron chi connectivity index (χ3n) is 3.15. The number of nitrogens with two attached hydrogens (primary N) is 1. The summed E-state index contributed by atoms with van der Waals surface area (Å²) < 4.78 is 31.7. The third kappa shape index (κ3) is 15.2. The molecule has 2 aromatic rings. The van der Waals surface area contributed by atoms with Crippen LogP contribution in [0.3, 0.4) is 0 Å². The fourth-order valence-electron chi connectivity index (χ4n) is 2.01. The summed E-state index contributed by atoms with van der Waals surface area (Å²) in [5.41, 5.74) is 3.53. The van der Waals surface area contributed by atoms with Crippen molar-refractivity contribution in [1.29, 1.82) is 0 Å². The Morgan fingerprint density at radius 2 is 1.60 bits per heavy atom. The summed E-state index contributed by atoms with van der Waals surface area (Å²) in [6.45, 7) is 15.7. The number of H-pyrrole nitrogens is 1. The molecule has 0 radical (unpaired) electrons. The lowest BCUT2D eigenvalue weighted by molar-refractivity contribution is 0.0530. The molecule has 2 rings (SSSR count). The van der Waals surface area contributed by atoms with Crippen LogP contribution in [0.15, 0.2) is 24.4 Å². The van der Waals surface area contributed by atoms with E-state index in [9.17, 15) is 23.2 Å². The summed E-state index contributed by atoms with van der Waals surface area (Å²) in [7, 11) is 1.50. The Balaban J connectivity index is 0. The van der Waals surface area contributed by atoms with Crippen molar-refractivity contribution in [3.8, 4) is 0 Å². The van der Waals surface area contributed by atoms with E-state index in [0.29, 0.717) is 6.54 Å². The summed E-state index contributed by atoms with van der Waals surface area (Å²) in [6, 6.07) is 3.10. The Morgan fingerprint density at radius 3 is 2.00 bits per heavy atom. The second-order valence-electron chi connectivity index (χ2n) is 8.53. The molecule has 1 heterocycles. The zero-order chi connectivity index (χ0) is 27.8. The lowest BCUT2D eigenvalue weighted by atomic mass is 10.1. The van der Waals surface area contributed by atoms with E-state index in [1.165, 1.54) is 20.2 Å². The molecule has 0 aliphatic heterocycles. The second kappa shape index (κ2) is 17.1. The first-order chi connectivity index (χ1) is 16.2. The Labute approximate surface area is 206 Å². The molecule has 0 unspecified atom stereocenters. The number of ketones is 1. The number of Topliss-reactive ketones (excluding diaryl/α,β-unsaturated/α-hetero) is 1. The molecule has 0 saturated heterocycles. The number of hydrogen-bond acceptors (Lipinski definition) is 6. The normalized spacial score (nSPS) is 9.86. The van der Waals surface area contributed by atoms with Crippen LogP contribution in [0, 0.1) is 17.6 Å². The van der Waals surface area contributed by atoms with E-state index < -0.39 is 23.1 Å². The van der Waals surface area contributed by atoms with Crippen molar-refractivity contribution < 1.29 is 27.9 Å². The number of aromatic amines is 1. The van der Waals surface area contributed by atoms with Gasteiger partial charge in [-0.15, -0.1) is 0 Å². The van der Waals surface area contributed by atoms with E-state index in [4.69, 9.17) is 4.74 Å². The molecule has 9 nitrogen and oxygen atoms in total. The van der Waals surface area contributed by atoms with Gasteiger partial charge in [0.25, 0.3) is 5.91 Å². The van der Waals surface area contributed by atoms with Crippen molar-refractivity contribution in [2.24, 2.45) is 11.7 Å². The largest absolute Gasteiger partial charge is 0.444 e. The number of carbonyl (C=O) groups is 3. The van der Waals surface area contributed by atoms with Crippen LogP contribution in [0.4, 0.5) is 19.3 Å². The van der Waals surface area contributed by atoms with Crippen LogP contribution in [0.2, 0.25) is 0 Å². The van der Waals surface area contributed by atoms with Gasteiger partial charge in [-0.3, -0.25) is 14.7 Å². The summed E-state index contributed by atoms with van der Waals surface area (Å²) in [4.78, 5) is 33.7. The fourth-order valence-corrected chi connectivity index (χ4v) is 2.01. The van der Waals surface area contributed by atoms with Gasteiger partial charge >= 0.3 is 6.09 Å². The quantitative estimate of drug-likeness (QED) is 0.441. The highest BCUT2D eigenvalue weighted by molar-refractivity contribution is 6.08. The van der Waals surface area contributed by atoms with E-state index >= 15 is 0 Å². The molecular weight excluding hydrogens is 460 g/mol. The molecule has 0 atom stereocenters. The van der Waals surface area contributed by atoms with E-state index in [1.807, 2.05) is 27.7 Å². The standard InChI is InChI=1S/C12H9F2N3O2.C7H15NO2.C4H10.CH5N/c1-6(18)11-9(5-15-17-11)16-12(19)10-7(13)3-2-4-8(10)14;1-5-8-6(9)10-7(2,3)4;1-4(2)3;1-2/h2-5H,1H3,(H,15,17)(H,16,19);5H2,1-4H3,(H,8,9);4H,1-3H3;2H2,1H3. The van der Waals surface area contributed by atoms with Crippen LogP contribution < -0.4 is 16.4 Å². The van der Waals surface area contributed by atoms with Gasteiger partial charge in [-0.2, -0.15) is 5.10 Å². The number of anilines is 1. The Kier molecular flexibility index (Phi) is 16.6. The number of amides is 2. The minimum atomic E-state index is -0.987. The minimum Gasteiger partial charge on any atom is -0.444 e. The summed E-state index contributed by atoms with van der Waals surface area (Å²) in [5.74, 6) is -2.47. The Bertz CT molecular complexity index is 902. The van der Waals surface area contributed by atoms with Crippen molar-refractivity contribution in [2.75, 3.05) is 18.9 Å². The van der Waals surface area contributed by atoms with Crippen LogP contribution in [0.5, 0.6) is 0 Å². The molecule has 0 fully saturated rings. The number of ether oxygens (including phenoxy) is 1. The predicted molar refractivity (Wildman–Crippen MR) is 133 cm³/mol. The SMILES string of the molecule is CC(=O)c1[nH]ncc1NC(=O)c1c(F)cccc1F.CC(C)C.CCNC(=O)OC(C)(C)C.CN. The number of nitrogens with zero attached hydrogens (tertiary/aromatic N) is 1. The molecule has 0 saturated carbocycles. The molecule has 0 aliphatic carbocycles. The molecule has 2 amide bonds. The zero-order valence-electron chi connectivity index (χ0n) is 22.0. The van der Waals surface area contributed by atoms with Crippen LogP contribution in [0.1, 0.15) is 76.2 Å². The number of nitrogens with one attached hydrogen (secondary N) is 3. The lowest BCUT2D eigenvalue weighted by Crippen LogP contribution is -2.32. The molecule has 198 valence electrons. The highest BCUT2D eigenvalue weighted by atomic mass is 19.1. The topological polar surface area (TPSA) is 139 Å². The summed E-state index contributed by atoms with van der Waals surface area (Å²) in [5, 5.41) is 10.8. The van der Waals surface area contributed by atoms with Gasteiger partial charge in [-0.25, -0.2) is 13.6 Å². The average Bonchev–Trinajstić information content (AvgIpc) is 3.16. The first-order valence-electron chi connectivity index (χ1n) is 11.0. The highest BCUT2D eigenvalue weighted by Gasteiger charge is 2.19. The molecule has 0 aliphatic rings. The number of carbonyl (C=O) groups excluding carboxylic acids is 3. The summed E-state index contributed by atoms with van der Waals surface area (Å²) in [6.07, 6.45) is 0.836. The number of rotatable bonds is 4. The van der Waals surface area contributed by atoms with Crippen molar-refractivity contribution in [3.63, 3.8) is 0 Å². The monoisotopic (exact) mass is 499 g/mol. The fraction of sp³-hybridized carbons (Fsp3) is 0.500. The van der Waals surface area contributed by atoms with Crippen LogP contribution >= 0.6 is 0 Å². The van der Waals surface area contributed by atoms with Gasteiger partial charge in [0, 0.05) is 13.5 Å². The van der Waals surface area contributed by atoms with Gasteiger partial charge in [0.1, 0.15) is 28.5 Å². The van der Waals surface area contributed by atoms with E-state index in [0.717, 1.165) is 24.1 Å². The molecular formula is C24H39F2N5O4. The second-order valence-corrected chi connectivity index (χ2v) is 8.53. The maximum atomic E-state index is 13.4. The number of halogens is 2. The third-order valence-corrected chi connectivity index (χ3v) is 3.15. The molecule has 0 spiro atoms. The van der Waals surface area contributed by atoms with Gasteiger partial charge < -0.3 is 21.1 Å². The highest BCUT2D eigenvalue weighted by Crippen LogP contribution is 2.17. The van der Waals surface area contributed by atoms with Crippen LogP contribution in [-0.4, -0.2) is 47.2 Å². The van der Waals surface area contributed by atoms with Gasteiger partial charge in [0.05, 0.1) is 11.9 Å². The van der Waals surface area contributed by atoms with Gasteiger partial charge in [0.15, 0.2) is 5.78 Å². The lowest BCUT2D eigenvalue weighted by Gasteiger charge is -2.19. The van der Waals surface area contributed by atoms with Gasteiger partial charge in [-0.05, 0) is 52.8 Å². The number of hydrogen-bond donors (Lipinski definition) is 4. The maximum absolute atomic E-state index is 13.4. The smallest absolute Gasteiger partial charge is 0.407 e. The molecule has 35 heavy (non-hydrogen) atoms. The Morgan fingerprint density at radius 1 is 1.11 bits per heavy atom. The molecule has 11 heteroatoms. The predicted octanol–water partition coefficient (Wildman–Crippen LogP) is 4.91. The Hall–Kier alpha value is -3.34. The first-order valence-corrected chi connectivity index (χ1v) is 11.0. The van der Waals surface area contributed by atoms with E-state index in [2.05, 4.69) is 47.3 Å². The van der Waals surface area contributed by atoms with E-state index in [-0.39, 0.29) is 28.9 Å². The summed E-state index contributed by atoms with van der Waals surface area (Å²) >= 11 is 0. The van der Waals surface area contributed by atoms with Gasteiger partial charge in [0.2, 0.25) is 0 Å². The molecule has 1 aromatic carbocycles. The number of aromatic nitrogens is 2. The average molecular weight is 500 g/mol. The molecule has 5 N–H and O–H groups in total. The van der Waals surface area contributed by atoms with E-state index in [1.54, 1.807) is 0 Å². The number of benzene rings is 1. The van der Waals surface area contributed by atoms with Gasteiger partial charge in [-0.1, -0.05) is 26.8 Å². The minimum absolute atomic E-state index is 0.0603. The van der Waals surface area contributed by atoms with Crippen molar-refractivity contribution in [1.82, 2.24) is 15.5 Å². The first kappa shape index (κ1) is 33.8. The molecule has 1 aromatic heterocycles. The zero-order valence-corrected chi connectivity index (χ0v) is 22.0.